The van der Waals surface area contributed by atoms with Crippen LogP contribution in [-0.2, 0) is 13.5 Å². The standard InChI is InChI=1S/C6H11N3/c1-3-4-6-5-7-8-9(6)2/h5H,3-4H2,1-2H3. The van der Waals surface area contributed by atoms with E-state index in [0.717, 1.165) is 12.8 Å². The highest BCUT2D eigenvalue weighted by molar-refractivity contribution is 4.92. The van der Waals surface area contributed by atoms with Gasteiger partial charge in [-0.2, -0.15) is 0 Å². The van der Waals surface area contributed by atoms with Crippen molar-refractivity contribution in [1.29, 1.82) is 0 Å². The number of aryl methyl sites for hydroxylation is 2. The Bertz CT molecular complexity index is 180. The van der Waals surface area contributed by atoms with Gasteiger partial charge in [0.2, 0.25) is 0 Å². The van der Waals surface area contributed by atoms with Crippen molar-refractivity contribution in [2.45, 2.75) is 19.8 Å². The first-order valence-corrected chi connectivity index (χ1v) is 3.18. The molecule has 3 heteroatoms. The van der Waals surface area contributed by atoms with E-state index in [-0.39, 0.29) is 0 Å². The minimum atomic E-state index is 1.07. The Hall–Kier alpha value is -0.860. The van der Waals surface area contributed by atoms with Gasteiger partial charge in [-0.3, -0.25) is 4.68 Å². The summed E-state index contributed by atoms with van der Waals surface area (Å²) in [6.45, 7) is 2.15. The van der Waals surface area contributed by atoms with Crippen molar-refractivity contribution < 1.29 is 0 Å². The first-order valence-electron chi connectivity index (χ1n) is 3.18. The Morgan fingerprint density at radius 3 is 2.89 bits per heavy atom. The molecule has 0 fully saturated rings. The summed E-state index contributed by atoms with van der Waals surface area (Å²) in [5.74, 6) is 0. The van der Waals surface area contributed by atoms with Crippen LogP contribution in [0.3, 0.4) is 0 Å². The van der Waals surface area contributed by atoms with Crippen LogP contribution in [0.4, 0.5) is 0 Å². The molecule has 0 aliphatic heterocycles. The van der Waals surface area contributed by atoms with Crippen LogP contribution in [0, 0.1) is 0 Å². The summed E-state index contributed by atoms with van der Waals surface area (Å²) in [6, 6.07) is 0. The molecule has 50 valence electrons. The van der Waals surface area contributed by atoms with E-state index < -0.39 is 0 Å². The van der Waals surface area contributed by atoms with Crippen LogP contribution < -0.4 is 0 Å². The predicted octanol–water partition coefficient (Wildman–Crippen LogP) is 0.768. The smallest absolute Gasteiger partial charge is 0.0724 e. The largest absolute Gasteiger partial charge is 0.252 e. The van der Waals surface area contributed by atoms with Gasteiger partial charge < -0.3 is 0 Å². The maximum absolute atomic E-state index is 3.80. The minimum absolute atomic E-state index is 1.07. The van der Waals surface area contributed by atoms with Crippen molar-refractivity contribution >= 4 is 0 Å². The molecule has 0 aliphatic rings. The zero-order valence-electron chi connectivity index (χ0n) is 5.83. The molecule has 1 aromatic heterocycles. The summed E-state index contributed by atoms with van der Waals surface area (Å²) >= 11 is 0. The molecule has 0 aliphatic carbocycles. The molecule has 1 aromatic rings. The van der Waals surface area contributed by atoms with Gasteiger partial charge >= 0.3 is 0 Å². The third kappa shape index (κ3) is 1.28. The predicted molar refractivity (Wildman–Crippen MR) is 35.0 cm³/mol. The molecular weight excluding hydrogens is 114 g/mol. The number of hydrogen-bond acceptors (Lipinski definition) is 2. The Morgan fingerprint density at radius 2 is 2.44 bits per heavy atom. The number of aromatic nitrogens is 3. The Balaban J connectivity index is 2.69. The molecule has 0 atom stereocenters. The third-order valence-corrected chi connectivity index (χ3v) is 1.31. The van der Waals surface area contributed by atoms with Crippen molar-refractivity contribution in [2.24, 2.45) is 7.05 Å². The van der Waals surface area contributed by atoms with E-state index >= 15 is 0 Å². The van der Waals surface area contributed by atoms with E-state index in [9.17, 15) is 0 Å². The van der Waals surface area contributed by atoms with Crippen molar-refractivity contribution in [1.82, 2.24) is 15.0 Å². The topological polar surface area (TPSA) is 30.7 Å². The molecule has 3 nitrogen and oxygen atoms in total. The highest BCUT2D eigenvalue weighted by atomic mass is 15.4. The third-order valence-electron chi connectivity index (χ3n) is 1.31. The van der Waals surface area contributed by atoms with Crippen molar-refractivity contribution in [3.63, 3.8) is 0 Å². The molecule has 0 aromatic carbocycles. The fourth-order valence-electron chi connectivity index (χ4n) is 0.793. The maximum Gasteiger partial charge on any atom is 0.0724 e. The van der Waals surface area contributed by atoms with E-state index in [2.05, 4.69) is 17.2 Å². The number of hydrogen-bond donors (Lipinski definition) is 0. The minimum Gasteiger partial charge on any atom is -0.252 e. The number of nitrogens with zero attached hydrogens (tertiary/aromatic N) is 3. The van der Waals surface area contributed by atoms with Gasteiger partial charge in [-0.05, 0) is 6.42 Å². The summed E-state index contributed by atoms with van der Waals surface area (Å²) in [5.41, 5.74) is 1.21. The fourth-order valence-corrected chi connectivity index (χ4v) is 0.793. The van der Waals surface area contributed by atoms with Gasteiger partial charge in [0, 0.05) is 7.05 Å². The van der Waals surface area contributed by atoms with E-state index in [1.807, 2.05) is 17.9 Å². The molecule has 0 saturated carbocycles. The molecule has 1 rings (SSSR count). The van der Waals surface area contributed by atoms with Crippen LogP contribution in [-0.4, -0.2) is 15.0 Å². The molecule has 0 bridgehead atoms. The van der Waals surface area contributed by atoms with Crippen LogP contribution in [0.1, 0.15) is 19.0 Å². The van der Waals surface area contributed by atoms with Gasteiger partial charge in [-0.1, -0.05) is 18.6 Å². The Kier molecular flexibility index (Phi) is 1.82. The lowest BCUT2D eigenvalue weighted by Gasteiger charge is -1.93. The van der Waals surface area contributed by atoms with Crippen LogP contribution in [0.15, 0.2) is 6.20 Å². The highest BCUT2D eigenvalue weighted by Crippen LogP contribution is 1.96. The van der Waals surface area contributed by atoms with E-state index in [4.69, 9.17) is 0 Å². The molecule has 0 saturated heterocycles. The first kappa shape index (κ1) is 6.26. The highest BCUT2D eigenvalue weighted by Gasteiger charge is 1.94. The average molecular weight is 125 g/mol. The van der Waals surface area contributed by atoms with Gasteiger partial charge in [0.1, 0.15) is 0 Å². The second-order valence-corrected chi connectivity index (χ2v) is 2.10. The monoisotopic (exact) mass is 125 g/mol. The lowest BCUT2D eigenvalue weighted by molar-refractivity contribution is 0.669. The lowest BCUT2D eigenvalue weighted by Crippen LogP contribution is -1.96. The van der Waals surface area contributed by atoms with Crippen LogP contribution in [0.2, 0.25) is 0 Å². The second kappa shape index (κ2) is 2.62. The van der Waals surface area contributed by atoms with Crippen molar-refractivity contribution in [3.8, 4) is 0 Å². The van der Waals surface area contributed by atoms with Gasteiger partial charge in [-0.15, -0.1) is 5.10 Å². The van der Waals surface area contributed by atoms with Gasteiger partial charge in [0.05, 0.1) is 11.9 Å². The average Bonchev–Trinajstić information content (AvgIpc) is 2.18. The lowest BCUT2D eigenvalue weighted by atomic mass is 10.3. The second-order valence-electron chi connectivity index (χ2n) is 2.10. The molecule has 0 spiro atoms. The summed E-state index contributed by atoms with van der Waals surface area (Å²) in [4.78, 5) is 0. The van der Waals surface area contributed by atoms with Crippen molar-refractivity contribution in [2.75, 3.05) is 0 Å². The van der Waals surface area contributed by atoms with Gasteiger partial charge in [-0.25, -0.2) is 0 Å². The Morgan fingerprint density at radius 1 is 1.67 bits per heavy atom. The normalized spacial score (nSPS) is 10.0. The zero-order valence-corrected chi connectivity index (χ0v) is 5.83. The fraction of sp³-hybridized carbons (Fsp3) is 0.667. The number of rotatable bonds is 2. The van der Waals surface area contributed by atoms with Crippen LogP contribution in [0.25, 0.3) is 0 Å². The van der Waals surface area contributed by atoms with E-state index in [0.29, 0.717) is 0 Å². The zero-order chi connectivity index (χ0) is 6.69. The van der Waals surface area contributed by atoms with Crippen molar-refractivity contribution in [3.05, 3.63) is 11.9 Å². The molecule has 9 heavy (non-hydrogen) atoms. The molecular formula is C6H11N3. The Labute approximate surface area is 54.7 Å². The first-order chi connectivity index (χ1) is 4.34. The summed E-state index contributed by atoms with van der Waals surface area (Å²) < 4.78 is 1.81. The van der Waals surface area contributed by atoms with Gasteiger partial charge in [0.15, 0.2) is 0 Å². The molecule has 0 unspecified atom stereocenters. The SMILES string of the molecule is CCCc1cnnn1C. The molecule has 0 N–H and O–H groups in total. The summed E-state index contributed by atoms with van der Waals surface area (Å²) in [7, 11) is 1.91. The molecule has 1 heterocycles. The molecule has 0 radical (unpaired) electrons. The van der Waals surface area contributed by atoms with E-state index in [1.54, 1.807) is 0 Å². The maximum atomic E-state index is 3.80. The summed E-state index contributed by atoms with van der Waals surface area (Å²) in [5, 5.41) is 7.56. The summed E-state index contributed by atoms with van der Waals surface area (Å²) in [6.07, 6.45) is 4.04. The quantitative estimate of drug-likeness (QED) is 0.584. The van der Waals surface area contributed by atoms with Gasteiger partial charge in [0.25, 0.3) is 0 Å². The molecule has 0 amide bonds. The van der Waals surface area contributed by atoms with E-state index in [1.165, 1.54) is 5.69 Å². The van der Waals surface area contributed by atoms with Crippen LogP contribution >= 0.6 is 0 Å². The van der Waals surface area contributed by atoms with Crippen LogP contribution in [0.5, 0.6) is 0 Å².